The molecule has 0 saturated heterocycles. The summed E-state index contributed by atoms with van der Waals surface area (Å²) in [4.78, 5) is 0. The monoisotopic (exact) mass is 273 g/mol. The molecule has 0 heterocycles. The maximum Gasteiger partial charge on any atom is 0.123 e. The summed E-state index contributed by atoms with van der Waals surface area (Å²) in [6.45, 7) is 2.66. The third kappa shape index (κ3) is 3.71. The molecule has 108 valence electrons. The smallest absolute Gasteiger partial charge is 0.123 e. The summed E-state index contributed by atoms with van der Waals surface area (Å²) in [5.41, 5.74) is 1.23. The largest absolute Gasteiger partial charge is 0.496 e. The fourth-order valence-corrected chi connectivity index (χ4v) is 2.40. The number of fused-ring (bicyclic) bond motifs is 1. The second-order valence-corrected chi connectivity index (χ2v) is 4.84. The number of hydrogen-bond donors (Lipinski definition) is 1. The Morgan fingerprint density at radius 1 is 1.00 bits per heavy atom. The fourth-order valence-electron chi connectivity index (χ4n) is 2.40. The molecule has 0 atom stereocenters. The number of ether oxygens (including phenoxy) is 2. The molecule has 0 aliphatic rings. The van der Waals surface area contributed by atoms with Gasteiger partial charge in [-0.25, -0.2) is 0 Å². The van der Waals surface area contributed by atoms with Crippen molar-refractivity contribution >= 4 is 10.8 Å². The molecule has 20 heavy (non-hydrogen) atoms. The Morgan fingerprint density at radius 3 is 2.65 bits per heavy atom. The predicted octanol–water partition coefficient (Wildman–Crippen LogP) is 3.36. The first-order valence-electron chi connectivity index (χ1n) is 7.11. The van der Waals surface area contributed by atoms with Gasteiger partial charge >= 0.3 is 0 Å². The van der Waals surface area contributed by atoms with E-state index in [1.165, 1.54) is 16.3 Å². The first-order chi connectivity index (χ1) is 9.86. The van der Waals surface area contributed by atoms with E-state index in [4.69, 9.17) is 9.47 Å². The number of benzene rings is 2. The molecule has 2 aromatic rings. The lowest BCUT2D eigenvalue weighted by molar-refractivity contribution is 0.192. The third-order valence-electron chi connectivity index (χ3n) is 3.47. The Bertz CT molecular complexity index is 540. The molecule has 0 fully saturated rings. The van der Waals surface area contributed by atoms with Crippen LogP contribution >= 0.6 is 0 Å². The maximum atomic E-state index is 5.49. The molecule has 1 N–H and O–H groups in total. The van der Waals surface area contributed by atoms with Gasteiger partial charge in [-0.2, -0.15) is 0 Å². The molecule has 3 heteroatoms. The molecule has 0 bridgehead atoms. The van der Waals surface area contributed by atoms with E-state index < -0.39 is 0 Å². The van der Waals surface area contributed by atoms with E-state index in [0.717, 1.165) is 38.3 Å². The predicted molar refractivity (Wildman–Crippen MR) is 83.3 cm³/mol. The standard InChI is InChI=1S/C17H23NO2/c1-19-12-6-5-11-18-13-16-15-8-4-3-7-14(15)9-10-17(16)20-2/h3-4,7-10,18H,5-6,11-13H2,1-2H3. The van der Waals surface area contributed by atoms with Gasteiger partial charge in [0.1, 0.15) is 5.75 Å². The maximum absolute atomic E-state index is 5.49. The van der Waals surface area contributed by atoms with E-state index >= 15 is 0 Å². The number of hydrogen-bond acceptors (Lipinski definition) is 3. The third-order valence-corrected chi connectivity index (χ3v) is 3.47. The SMILES string of the molecule is COCCCCNCc1c(OC)ccc2ccccc12. The highest BCUT2D eigenvalue weighted by Crippen LogP contribution is 2.27. The molecule has 0 spiro atoms. The van der Waals surface area contributed by atoms with Crippen LogP contribution in [0.25, 0.3) is 10.8 Å². The van der Waals surface area contributed by atoms with Gasteiger partial charge in [0.25, 0.3) is 0 Å². The average Bonchev–Trinajstić information content (AvgIpc) is 2.50. The zero-order valence-corrected chi connectivity index (χ0v) is 12.3. The van der Waals surface area contributed by atoms with Crippen LogP contribution in [-0.2, 0) is 11.3 Å². The summed E-state index contributed by atoms with van der Waals surface area (Å²) >= 11 is 0. The molecule has 0 aliphatic heterocycles. The van der Waals surface area contributed by atoms with Crippen LogP contribution in [0.1, 0.15) is 18.4 Å². The highest BCUT2D eigenvalue weighted by molar-refractivity contribution is 5.87. The Balaban J connectivity index is 2.03. The highest BCUT2D eigenvalue weighted by Gasteiger charge is 2.07. The van der Waals surface area contributed by atoms with Gasteiger partial charge in [0.15, 0.2) is 0 Å². The molecule has 0 saturated carbocycles. The Morgan fingerprint density at radius 2 is 1.85 bits per heavy atom. The lowest BCUT2D eigenvalue weighted by Crippen LogP contribution is -2.16. The van der Waals surface area contributed by atoms with Crippen molar-refractivity contribution in [2.75, 3.05) is 27.4 Å². The number of rotatable bonds is 8. The van der Waals surface area contributed by atoms with Crippen molar-refractivity contribution in [3.8, 4) is 5.75 Å². The van der Waals surface area contributed by atoms with Gasteiger partial charge in [-0.3, -0.25) is 0 Å². The van der Waals surface area contributed by atoms with Crippen molar-refractivity contribution in [1.82, 2.24) is 5.32 Å². The average molecular weight is 273 g/mol. The molecule has 0 aliphatic carbocycles. The van der Waals surface area contributed by atoms with Gasteiger partial charge in [0.2, 0.25) is 0 Å². The van der Waals surface area contributed by atoms with Crippen LogP contribution in [0.5, 0.6) is 5.75 Å². The van der Waals surface area contributed by atoms with Gasteiger partial charge < -0.3 is 14.8 Å². The summed E-state index contributed by atoms with van der Waals surface area (Å²) in [6, 6.07) is 12.6. The molecular weight excluding hydrogens is 250 g/mol. The minimum absolute atomic E-state index is 0.831. The van der Waals surface area contributed by atoms with Crippen LogP contribution in [0.3, 0.4) is 0 Å². The van der Waals surface area contributed by atoms with Crippen LogP contribution in [0, 0.1) is 0 Å². The summed E-state index contributed by atoms with van der Waals surface area (Å²) in [6.07, 6.45) is 2.22. The quantitative estimate of drug-likeness (QED) is 0.748. The second kappa shape index (κ2) is 7.88. The molecule has 0 aromatic heterocycles. The lowest BCUT2D eigenvalue weighted by Gasteiger charge is -2.13. The molecule has 0 amide bonds. The molecule has 3 nitrogen and oxygen atoms in total. The minimum Gasteiger partial charge on any atom is -0.496 e. The fraction of sp³-hybridized carbons (Fsp3) is 0.412. The number of methoxy groups -OCH3 is 2. The summed E-state index contributed by atoms with van der Waals surface area (Å²) in [5, 5.41) is 6.01. The van der Waals surface area contributed by atoms with Crippen LogP contribution in [0.4, 0.5) is 0 Å². The van der Waals surface area contributed by atoms with E-state index in [1.807, 2.05) is 6.07 Å². The van der Waals surface area contributed by atoms with E-state index in [2.05, 4.69) is 35.6 Å². The van der Waals surface area contributed by atoms with Crippen molar-refractivity contribution in [3.05, 3.63) is 42.0 Å². The molecular formula is C17H23NO2. The van der Waals surface area contributed by atoms with E-state index in [0.29, 0.717) is 0 Å². The summed E-state index contributed by atoms with van der Waals surface area (Å²) in [7, 11) is 3.47. The Kier molecular flexibility index (Phi) is 5.84. The zero-order chi connectivity index (χ0) is 14.2. The van der Waals surface area contributed by atoms with Gasteiger partial charge in [-0.1, -0.05) is 30.3 Å². The van der Waals surface area contributed by atoms with Crippen molar-refractivity contribution in [2.24, 2.45) is 0 Å². The van der Waals surface area contributed by atoms with E-state index in [-0.39, 0.29) is 0 Å². The van der Waals surface area contributed by atoms with E-state index in [9.17, 15) is 0 Å². The van der Waals surface area contributed by atoms with E-state index in [1.54, 1.807) is 14.2 Å². The van der Waals surface area contributed by atoms with Crippen molar-refractivity contribution in [1.29, 1.82) is 0 Å². The van der Waals surface area contributed by atoms with Gasteiger partial charge in [0.05, 0.1) is 7.11 Å². The molecule has 2 aromatic carbocycles. The first-order valence-corrected chi connectivity index (χ1v) is 7.11. The Labute approximate surface area is 120 Å². The topological polar surface area (TPSA) is 30.5 Å². The summed E-state index contributed by atoms with van der Waals surface area (Å²) in [5.74, 6) is 0.952. The van der Waals surface area contributed by atoms with Crippen molar-refractivity contribution in [2.45, 2.75) is 19.4 Å². The first kappa shape index (κ1) is 14.8. The van der Waals surface area contributed by atoms with Gasteiger partial charge in [-0.15, -0.1) is 0 Å². The van der Waals surface area contributed by atoms with Crippen LogP contribution in [-0.4, -0.2) is 27.4 Å². The molecule has 2 rings (SSSR count). The highest BCUT2D eigenvalue weighted by atomic mass is 16.5. The summed E-state index contributed by atoms with van der Waals surface area (Å²) < 4.78 is 10.5. The minimum atomic E-state index is 0.831. The molecule has 0 radical (unpaired) electrons. The molecule has 0 unspecified atom stereocenters. The van der Waals surface area contributed by atoms with Gasteiger partial charge in [-0.05, 0) is 36.2 Å². The van der Waals surface area contributed by atoms with Crippen LogP contribution < -0.4 is 10.1 Å². The van der Waals surface area contributed by atoms with Crippen molar-refractivity contribution < 1.29 is 9.47 Å². The lowest BCUT2D eigenvalue weighted by atomic mass is 10.0. The van der Waals surface area contributed by atoms with Crippen molar-refractivity contribution in [3.63, 3.8) is 0 Å². The normalized spacial score (nSPS) is 10.9. The number of nitrogens with one attached hydrogen (secondary N) is 1. The van der Waals surface area contributed by atoms with Gasteiger partial charge in [0, 0.05) is 25.8 Å². The number of unbranched alkanes of at least 4 members (excludes halogenated alkanes) is 1. The Hall–Kier alpha value is -1.58. The second-order valence-electron chi connectivity index (χ2n) is 4.84. The zero-order valence-electron chi connectivity index (χ0n) is 12.3. The van der Waals surface area contributed by atoms with Crippen LogP contribution in [0.2, 0.25) is 0 Å². The van der Waals surface area contributed by atoms with Crippen LogP contribution in [0.15, 0.2) is 36.4 Å².